The van der Waals surface area contributed by atoms with E-state index in [1.54, 1.807) is 47.0 Å². The van der Waals surface area contributed by atoms with Crippen molar-refractivity contribution in [2.75, 3.05) is 36.1 Å². The molecule has 2 aromatic rings. The van der Waals surface area contributed by atoms with Gasteiger partial charge in [-0.05, 0) is 30.3 Å². The lowest BCUT2D eigenvalue weighted by atomic mass is 10.2. The van der Waals surface area contributed by atoms with Crippen molar-refractivity contribution in [2.45, 2.75) is 16.7 Å². The molecule has 9 heteroatoms. The highest BCUT2D eigenvalue weighted by Gasteiger charge is 2.24. The summed E-state index contributed by atoms with van der Waals surface area (Å²) in [6.45, 7) is 2.03. The SMILES string of the molecule is COc1ccc(NS(=O)(=O)c2ccc3c(c2)N(C(C)=O)CCS3)cc1OC. The number of rotatable bonds is 5. The summed E-state index contributed by atoms with van der Waals surface area (Å²) in [5.74, 6) is 1.59. The molecule has 1 amide bonds. The molecule has 3 rings (SSSR count). The summed E-state index contributed by atoms with van der Waals surface area (Å²) in [7, 11) is -0.847. The van der Waals surface area contributed by atoms with Gasteiger partial charge in [0.1, 0.15) is 0 Å². The zero-order chi connectivity index (χ0) is 19.6. The molecule has 2 aromatic carbocycles. The van der Waals surface area contributed by atoms with Crippen LogP contribution in [0, 0.1) is 0 Å². The van der Waals surface area contributed by atoms with E-state index < -0.39 is 10.0 Å². The number of hydrogen-bond donors (Lipinski definition) is 1. The second kappa shape index (κ2) is 7.69. The molecule has 0 saturated carbocycles. The molecular weight excluding hydrogens is 388 g/mol. The molecule has 0 atom stereocenters. The minimum Gasteiger partial charge on any atom is -0.493 e. The zero-order valence-electron chi connectivity index (χ0n) is 15.2. The van der Waals surface area contributed by atoms with Crippen LogP contribution in [0.15, 0.2) is 46.2 Å². The molecule has 0 fully saturated rings. The number of amides is 1. The molecule has 0 bridgehead atoms. The fraction of sp³-hybridized carbons (Fsp3) is 0.278. The van der Waals surface area contributed by atoms with Crippen LogP contribution in [0.4, 0.5) is 11.4 Å². The number of anilines is 2. The van der Waals surface area contributed by atoms with Crippen molar-refractivity contribution in [3.05, 3.63) is 36.4 Å². The van der Waals surface area contributed by atoms with E-state index in [0.29, 0.717) is 29.4 Å². The van der Waals surface area contributed by atoms with E-state index >= 15 is 0 Å². The quantitative estimate of drug-likeness (QED) is 0.819. The number of methoxy groups -OCH3 is 2. The highest BCUT2D eigenvalue weighted by molar-refractivity contribution is 7.99. The van der Waals surface area contributed by atoms with Gasteiger partial charge in [0.05, 0.1) is 30.5 Å². The van der Waals surface area contributed by atoms with Crippen molar-refractivity contribution in [1.82, 2.24) is 0 Å². The van der Waals surface area contributed by atoms with Crippen LogP contribution in [0.1, 0.15) is 6.92 Å². The van der Waals surface area contributed by atoms with Crippen LogP contribution in [-0.2, 0) is 14.8 Å². The predicted molar refractivity (Wildman–Crippen MR) is 106 cm³/mol. The molecule has 0 aromatic heterocycles. The van der Waals surface area contributed by atoms with Gasteiger partial charge in [0.15, 0.2) is 11.5 Å². The number of hydrogen-bond acceptors (Lipinski definition) is 6. The van der Waals surface area contributed by atoms with Crippen molar-refractivity contribution >= 4 is 39.1 Å². The van der Waals surface area contributed by atoms with E-state index in [-0.39, 0.29) is 10.8 Å². The standard InChI is InChI=1S/C18H20N2O5S2/c1-12(21)20-8-9-26-18-7-5-14(11-15(18)20)27(22,23)19-13-4-6-16(24-2)17(10-13)25-3/h4-7,10-11,19H,8-9H2,1-3H3. The number of fused-ring (bicyclic) bond motifs is 1. The van der Waals surface area contributed by atoms with Gasteiger partial charge in [-0.2, -0.15) is 0 Å². The Hall–Kier alpha value is -2.39. The monoisotopic (exact) mass is 408 g/mol. The fourth-order valence-corrected chi connectivity index (χ4v) is 4.85. The number of benzene rings is 2. The normalized spacial score (nSPS) is 13.7. The lowest BCUT2D eigenvalue weighted by Crippen LogP contribution is -2.33. The summed E-state index contributed by atoms with van der Waals surface area (Å²) in [5, 5.41) is 0. The lowest BCUT2D eigenvalue weighted by Gasteiger charge is -2.28. The van der Waals surface area contributed by atoms with Gasteiger partial charge >= 0.3 is 0 Å². The molecule has 1 aliphatic heterocycles. The maximum Gasteiger partial charge on any atom is 0.261 e. The average molecular weight is 409 g/mol. The average Bonchev–Trinajstić information content (AvgIpc) is 2.66. The van der Waals surface area contributed by atoms with Gasteiger partial charge < -0.3 is 14.4 Å². The highest BCUT2D eigenvalue weighted by Crippen LogP contribution is 2.37. The van der Waals surface area contributed by atoms with Crippen molar-refractivity contribution < 1.29 is 22.7 Å². The van der Waals surface area contributed by atoms with Crippen LogP contribution in [0.5, 0.6) is 11.5 Å². The van der Waals surface area contributed by atoms with Gasteiger partial charge in [0.2, 0.25) is 5.91 Å². The predicted octanol–water partition coefficient (Wildman–Crippen LogP) is 2.96. The first-order valence-electron chi connectivity index (χ1n) is 8.15. The summed E-state index contributed by atoms with van der Waals surface area (Å²) in [6, 6.07) is 9.57. The van der Waals surface area contributed by atoms with Crippen LogP contribution >= 0.6 is 11.8 Å². The Morgan fingerprint density at radius 1 is 1.11 bits per heavy atom. The van der Waals surface area contributed by atoms with Gasteiger partial charge in [-0.1, -0.05) is 0 Å². The third-order valence-electron chi connectivity index (χ3n) is 4.12. The molecule has 144 valence electrons. The third kappa shape index (κ3) is 3.98. The first-order chi connectivity index (χ1) is 12.9. The van der Waals surface area contributed by atoms with Crippen LogP contribution in [0.3, 0.4) is 0 Å². The fourth-order valence-electron chi connectivity index (χ4n) is 2.81. The van der Waals surface area contributed by atoms with Crippen LogP contribution < -0.4 is 19.1 Å². The van der Waals surface area contributed by atoms with E-state index in [1.165, 1.54) is 27.2 Å². The molecule has 1 aliphatic rings. The van der Waals surface area contributed by atoms with E-state index in [0.717, 1.165) is 10.6 Å². The highest BCUT2D eigenvalue weighted by atomic mass is 32.2. The molecule has 0 unspecified atom stereocenters. The van der Waals surface area contributed by atoms with Gasteiger partial charge in [0, 0.05) is 30.2 Å². The number of thioether (sulfide) groups is 1. The number of nitrogens with zero attached hydrogens (tertiary/aromatic N) is 1. The second-order valence-electron chi connectivity index (χ2n) is 5.82. The van der Waals surface area contributed by atoms with E-state index in [1.807, 2.05) is 0 Å². The minimum atomic E-state index is -3.83. The molecule has 1 heterocycles. The molecule has 1 N–H and O–H groups in total. The zero-order valence-corrected chi connectivity index (χ0v) is 16.8. The summed E-state index contributed by atoms with van der Waals surface area (Å²) in [6.07, 6.45) is 0. The smallest absolute Gasteiger partial charge is 0.261 e. The number of carbonyl (C=O) groups excluding carboxylic acids is 1. The largest absolute Gasteiger partial charge is 0.493 e. The van der Waals surface area contributed by atoms with Crippen molar-refractivity contribution in [3.63, 3.8) is 0 Å². The number of sulfonamides is 1. The maximum atomic E-state index is 12.8. The Morgan fingerprint density at radius 2 is 1.85 bits per heavy atom. The molecule has 0 aliphatic carbocycles. The molecule has 0 saturated heterocycles. The Kier molecular flexibility index (Phi) is 5.52. The van der Waals surface area contributed by atoms with Crippen LogP contribution in [0.25, 0.3) is 0 Å². The molecule has 27 heavy (non-hydrogen) atoms. The van der Waals surface area contributed by atoms with Gasteiger partial charge in [0.25, 0.3) is 10.0 Å². The van der Waals surface area contributed by atoms with Crippen molar-refractivity contribution in [2.24, 2.45) is 0 Å². The first-order valence-corrected chi connectivity index (χ1v) is 10.6. The molecule has 0 radical (unpaired) electrons. The maximum absolute atomic E-state index is 12.8. The summed E-state index contributed by atoms with van der Waals surface area (Å²) in [5.41, 5.74) is 0.970. The first kappa shape index (κ1) is 19.4. The topological polar surface area (TPSA) is 84.9 Å². The lowest BCUT2D eigenvalue weighted by molar-refractivity contribution is -0.116. The minimum absolute atomic E-state index is 0.0878. The van der Waals surface area contributed by atoms with Crippen LogP contribution in [0.2, 0.25) is 0 Å². The van der Waals surface area contributed by atoms with E-state index in [2.05, 4.69) is 4.72 Å². The van der Waals surface area contributed by atoms with Gasteiger partial charge in [-0.3, -0.25) is 9.52 Å². The van der Waals surface area contributed by atoms with Crippen LogP contribution in [-0.4, -0.2) is 40.8 Å². The Morgan fingerprint density at radius 3 is 2.52 bits per heavy atom. The summed E-state index contributed by atoms with van der Waals surface area (Å²) >= 11 is 1.60. The second-order valence-corrected chi connectivity index (χ2v) is 8.64. The Balaban J connectivity index is 1.94. The molecular formula is C18H20N2O5S2. The van der Waals surface area contributed by atoms with Gasteiger partial charge in [-0.15, -0.1) is 11.8 Å². The molecule has 0 spiro atoms. The Labute approximate surface area is 162 Å². The Bertz CT molecular complexity index is 976. The van der Waals surface area contributed by atoms with E-state index in [4.69, 9.17) is 9.47 Å². The number of nitrogens with one attached hydrogen (secondary N) is 1. The van der Waals surface area contributed by atoms with E-state index in [9.17, 15) is 13.2 Å². The van der Waals surface area contributed by atoms with Crippen molar-refractivity contribution in [1.29, 1.82) is 0 Å². The number of carbonyl (C=O) groups is 1. The number of ether oxygens (including phenoxy) is 2. The molecule has 7 nitrogen and oxygen atoms in total. The summed E-state index contributed by atoms with van der Waals surface area (Å²) in [4.78, 5) is 14.4. The third-order valence-corrected chi connectivity index (χ3v) is 6.54. The summed E-state index contributed by atoms with van der Waals surface area (Å²) < 4.78 is 38.6. The van der Waals surface area contributed by atoms with Gasteiger partial charge in [-0.25, -0.2) is 8.42 Å². The van der Waals surface area contributed by atoms with Crippen molar-refractivity contribution in [3.8, 4) is 11.5 Å².